The summed E-state index contributed by atoms with van der Waals surface area (Å²) in [4.78, 5) is 16.2. The summed E-state index contributed by atoms with van der Waals surface area (Å²) < 4.78 is 5.65. The molecule has 3 rings (SSSR count). The average Bonchev–Trinajstić information content (AvgIpc) is 3.00. The van der Waals surface area contributed by atoms with E-state index in [1.165, 1.54) is 11.3 Å². The summed E-state index contributed by atoms with van der Waals surface area (Å²) in [5, 5.41) is 5.14. The lowest BCUT2D eigenvalue weighted by molar-refractivity contribution is -0.118. The summed E-state index contributed by atoms with van der Waals surface area (Å²) in [5.41, 5.74) is 7.97. The summed E-state index contributed by atoms with van der Waals surface area (Å²) in [7, 11) is 0. The molecule has 0 aliphatic rings. The van der Waals surface area contributed by atoms with E-state index in [4.69, 9.17) is 10.5 Å². The van der Waals surface area contributed by atoms with Crippen LogP contribution in [0.2, 0.25) is 0 Å². The zero-order valence-corrected chi connectivity index (χ0v) is 13.0. The molecule has 116 valence electrons. The summed E-state index contributed by atoms with van der Waals surface area (Å²) in [6, 6.07) is 16.7. The van der Waals surface area contributed by atoms with Crippen LogP contribution in [0.3, 0.4) is 0 Å². The molecule has 2 aromatic carbocycles. The van der Waals surface area contributed by atoms with Crippen LogP contribution in [0, 0.1) is 0 Å². The minimum atomic E-state index is -0.219. The van der Waals surface area contributed by atoms with Crippen LogP contribution in [0.25, 0.3) is 11.3 Å². The molecule has 0 fully saturated rings. The average molecular weight is 325 g/mol. The van der Waals surface area contributed by atoms with E-state index in [1.54, 1.807) is 6.07 Å². The molecule has 6 heteroatoms. The molecule has 1 amide bonds. The normalized spacial score (nSPS) is 10.3. The van der Waals surface area contributed by atoms with E-state index in [2.05, 4.69) is 10.3 Å². The van der Waals surface area contributed by atoms with Gasteiger partial charge in [0.2, 0.25) is 0 Å². The Morgan fingerprint density at radius 3 is 2.61 bits per heavy atom. The van der Waals surface area contributed by atoms with Crippen molar-refractivity contribution < 1.29 is 9.53 Å². The summed E-state index contributed by atoms with van der Waals surface area (Å²) in [6.45, 7) is -0.0779. The standard InChI is InChI=1S/C17H15N3O2S/c18-17-20-14(11-23-17)13-8-4-5-9-15(13)22-10-16(21)19-12-6-2-1-3-7-12/h1-9,11H,10H2,(H2,18,20)(H,19,21). The Morgan fingerprint density at radius 2 is 1.87 bits per heavy atom. The smallest absolute Gasteiger partial charge is 0.262 e. The van der Waals surface area contributed by atoms with Crippen molar-refractivity contribution in [1.29, 1.82) is 0 Å². The lowest BCUT2D eigenvalue weighted by atomic mass is 10.1. The maximum absolute atomic E-state index is 12.0. The number of nitrogens with one attached hydrogen (secondary N) is 1. The van der Waals surface area contributed by atoms with Crippen LogP contribution >= 0.6 is 11.3 Å². The predicted molar refractivity (Wildman–Crippen MR) is 92.5 cm³/mol. The number of nitrogens with two attached hydrogens (primary N) is 1. The first-order chi connectivity index (χ1) is 11.2. The summed E-state index contributed by atoms with van der Waals surface area (Å²) in [6.07, 6.45) is 0. The number of para-hydroxylation sites is 2. The number of benzene rings is 2. The molecule has 0 unspecified atom stereocenters. The van der Waals surface area contributed by atoms with Gasteiger partial charge in [-0.1, -0.05) is 30.3 Å². The molecule has 0 spiro atoms. The van der Waals surface area contributed by atoms with Crippen molar-refractivity contribution >= 4 is 28.1 Å². The fourth-order valence-electron chi connectivity index (χ4n) is 2.08. The van der Waals surface area contributed by atoms with Crippen molar-refractivity contribution in [2.45, 2.75) is 0 Å². The topological polar surface area (TPSA) is 77.2 Å². The van der Waals surface area contributed by atoms with E-state index >= 15 is 0 Å². The van der Waals surface area contributed by atoms with E-state index in [0.717, 1.165) is 16.9 Å². The van der Waals surface area contributed by atoms with Gasteiger partial charge in [0.1, 0.15) is 5.75 Å². The van der Waals surface area contributed by atoms with Crippen molar-refractivity contribution in [2.75, 3.05) is 17.7 Å². The molecule has 0 bridgehead atoms. The predicted octanol–water partition coefficient (Wildman–Crippen LogP) is 3.41. The minimum Gasteiger partial charge on any atom is -0.483 e. The number of carbonyl (C=O) groups is 1. The fourth-order valence-corrected chi connectivity index (χ4v) is 2.64. The third-order valence-corrected chi connectivity index (χ3v) is 3.78. The zero-order chi connectivity index (χ0) is 16.1. The number of hydrogen-bond acceptors (Lipinski definition) is 5. The highest BCUT2D eigenvalue weighted by Crippen LogP contribution is 2.31. The van der Waals surface area contributed by atoms with Crippen LogP contribution in [-0.4, -0.2) is 17.5 Å². The molecule has 0 saturated carbocycles. The molecule has 23 heavy (non-hydrogen) atoms. The lowest BCUT2D eigenvalue weighted by Gasteiger charge is -2.10. The maximum Gasteiger partial charge on any atom is 0.262 e. The van der Waals surface area contributed by atoms with Gasteiger partial charge in [0.05, 0.1) is 5.69 Å². The van der Waals surface area contributed by atoms with E-state index in [-0.39, 0.29) is 12.5 Å². The third kappa shape index (κ3) is 3.87. The number of rotatable bonds is 5. The van der Waals surface area contributed by atoms with Gasteiger partial charge in [-0.3, -0.25) is 4.79 Å². The number of nitrogen functional groups attached to an aromatic ring is 1. The van der Waals surface area contributed by atoms with E-state index in [0.29, 0.717) is 10.9 Å². The molecule has 0 radical (unpaired) electrons. The number of anilines is 2. The lowest BCUT2D eigenvalue weighted by Crippen LogP contribution is -2.20. The SMILES string of the molecule is Nc1nc(-c2ccccc2OCC(=O)Nc2ccccc2)cs1. The molecule has 0 aliphatic carbocycles. The van der Waals surface area contributed by atoms with Crippen LogP contribution in [0.4, 0.5) is 10.8 Å². The minimum absolute atomic E-state index is 0.0779. The van der Waals surface area contributed by atoms with Crippen molar-refractivity contribution in [2.24, 2.45) is 0 Å². The Hall–Kier alpha value is -2.86. The first-order valence-corrected chi connectivity index (χ1v) is 7.88. The number of hydrogen-bond donors (Lipinski definition) is 2. The van der Waals surface area contributed by atoms with E-state index in [9.17, 15) is 4.79 Å². The zero-order valence-electron chi connectivity index (χ0n) is 12.2. The molecule has 3 N–H and O–H groups in total. The molecule has 0 saturated heterocycles. The molecule has 1 heterocycles. The van der Waals surface area contributed by atoms with Gasteiger partial charge in [-0.15, -0.1) is 11.3 Å². The summed E-state index contributed by atoms with van der Waals surface area (Å²) >= 11 is 1.37. The number of amides is 1. The van der Waals surface area contributed by atoms with Crippen LogP contribution < -0.4 is 15.8 Å². The van der Waals surface area contributed by atoms with E-state index in [1.807, 2.05) is 53.9 Å². The van der Waals surface area contributed by atoms with Crippen LogP contribution in [-0.2, 0) is 4.79 Å². The molecule has 1 aromatic heterocycles. The molecule has 0 aliphatic heterocycles. The molecule has 5 nitrogen and oxygen atoms in total. The molecule has 3 aromatic rings. The second-order valence-electron chi connectivity index (χ2n) is 4.77. The van der Waals surface area contributed by atoms with E-state index < -0.39 is 0 Å². The van der Waals surface area contributed by atoms with Crippen molar-refractivity contribution in [3.63, 3.8) is 0 Å². The van der Waals surface area contributed by atoms with Gasteiger partial charge in [-0.2, -0.15) is 0 Å². The quantitative estimate of drug-likeness (QED) is 0.753. The largest absolute Gasteiger partial charge is 0.483 e. The number of carbonyl (C=O) groups excluding carboxylic acids is 1. The van der Waals surface area contributed by atoms with Crippen LogP contribution in [0.5, 0.6) is 5.75 Å². The van der Waals surface area contributed by atoms with Gasteiger partial charge in [-0.05, 0) is 24.3 Å². The van der Waals surface area contributed by atoms with Crippen molar-refractivity contribution in [3.05, 3.63) is 60.0 Å². The van der Waals surface area contributed by atoms with Gasteiger partial charge in [0.15, 0.2) is 11.7 Å². The maximum atomic E-state index is 12.0. The Morgan fingerprint density at radius 1 is 1.13 bits per heavy atom. The molecule has 0 atom stereocenters. The van der Waals surface area contributed by atoms with Gasteiger partial charge in [-0.25, -0.2) is 4.98 Å². The third-order valence-electron chi connectivity index (χ3n) is 3.10. The van der Waals surface area contributed by atoms with Gasteiger partial charge >= 0.3 is 0 Å². The molecular weight excluding hydrogens is 310 g/mol. The Bertz CT molecular complexity index is 802. The fraction of sp³-hybridized carbons (Fsp3) is 0.0588. The van der Waals surface area contributed by atoms with Crippen LogP contribution in [0.15, 0.2) is 60.0 Å². The van der Waals surface area contributed by atoms with Crippen LogP contribution in [0.1, 0.15) is 0 Å². The second-order valence-corrected chi connectivity index (χ2v) is 5.66. The highest BCUT2D eigenvalue weighted by Gasteiger charge is 2.11. The second kappa shape index (κ2) is 6.93. The Labute approximate surface area is 137 Å². The van der Waals surface area contributed by atoms with Crippen molar-refractivity contribution in [1.82, 2.24) is 4.98 Å². The first-order valence-electron chi connectivity index (χ1n) is 7.00. The number of ether oxygens (including phenoxy) is 1. The number of aromatic nitrogens is 1. The molecular formula is C17H15N3O2S. The first kappa shape index (κ1) is 15.1. The Kier molecular flexibility index (Phi) is 4.54. The number of nitrogens with zero attached hydrogens (tertiary/aromatic N) is 1. The van der Waals surface area contributed by atoms with Gasteiger partial charge in [0, 0.05) is 16.6 Å². The van der Waals surface area contributed by atoms with Gasteiger partial charge in [0.25, 0.3) is 5.91 Å². The number of thiazole rings is 1. The highest BCUT2D eigenvalue weighted by molar-refractivity contribution is 7.13. The monoisotopic (exact) mass is 325 g/mol. The Balaban J connectivity index is 1.68. The van der Waals surface area contributed by atoms with Gasteiger partial charge < -0.3 is 15.8 Å². The van der Waals surface area contributed by atoms with Crippen molar-refractivity contribution in [3.8, 4) is 17.0 Å². The summed E-state index contributed by atoms with van der Waals surface area (Å²) in [5.74, 6) is 0.379. The highest BCUT2D eigenvalue weighted by atomic mass is 32.1.